The molecule has 0 fully saturated rings. The molecule has 4 heteroatoms. The van der Waals surface area contributed by atoms with E-state index in [1.165, 1.54) is 22.3 Å². The molecule has 0 amide bonds. The van der Waals surface area contributed by atoms with Crippen molar-refractivity contribution >= 4 is 30.2 Å². The van der Waals surface area contributed by atoms with Gasteiger partial charge in [-0.1, -0.05) is 60.6 Å². The topological polar surface area (TPSA) is 35.5 Å². The average Bonchev–Trinajstić information content (AvgIpc) is 2.82. The molecular weight excluding hydrogens is 367 g/mol. The normalized spacial score (nSPS) is 12.8. The van der Waals surface area contributed by atoms with Gasteiger partial charge in [0.2, 0.25) is 0 Å². The van der Waals surface area contributed by atoms with Gasteiger partial charge in [0.15, 0.2) is 0 Å². The standard InChI is InChI=1S/C24H33O3P/c1-9-17-10-19(15(4)5)23-21(11-17)22-13-18(14(2)3)12-20(16(6)7)24(22)27-28(25-8)26-23/h10-16H,9H2,1-8H3. The third-order valence-corrected chi connectivity index (χ3v) is 6.37. The van der Waals surface area contributed by atoms with Crippen LogP contribution < -0.4 is 4.52 Å². The molecule has 3 nitrogen and oxygen atoms in total. The van der Waals surface area contributed by atoms with Crippen molar-refractivity contribution < 1.29 is 12.9 Å². The summed E-state index contributed by atoms with van der Waals surface area (Å²) < 4.78 is 18.3. The van der Waals surface area contributed by atoms with E-state index in [-0.39, 0.29) is 0 Å². The molecule has 1 aromatic heterocycles. The Morgan fingerprint density at radius 2 is 1.32 bits per heavy atom. The number of benzene rings is 2. The highest BCUT2D eigenvalue weighted by atomic mass is 31.1. The van der Waals surface area contributed by atoms with E-state index in [4.69, 9.17) is 12.9 Å². The third kappa shape index (κ3) is 3.88. The molecule has 0 aliphatic heterocycles. The SMILES string of the molecule is CCc1cc(C(C)C)c2op(OC)oc3c(C(C)C)cc(C(C)C)cc3c2c1. The predicted octanol–water partition coefficient (Wildman–Crippen LogP) is 8.28. The summed E-state index contributed by atoms with van der Waals surface area (Å²) in [7, 11) is 0.166. The van der Waals surface area contributed by atoms with Crippen molar-refractivity contribution in [3.05, 3.63) is 46.5 Å². The molecule has 3 rings (SSSR count). The van der Waals surface area contributed by atoms with Gasteiger partial charge in [0, 0.05) is 10.8 Å². The van der Waals surface area contributed by atoms with Crippen LogP contribution >= 0.6 is 8.24 Å². The minimum Gasteiger partial charge on any atom is -0.399 e. The molecule has 0 bridgehead atoms. The first-order chi connectivity index (χ1) is 13.3. The molecule has 152 valence electrons. The fraction of sp³-hybridized carbons (Fsp3) is 0.500. The second kappa shape index (κ2) is 8.35. The van der Waals surface area contributed by atoms with Crippen molar-refractivity contribution in [2.75, 3.05) is 7.11 Å². The first kappa shape index (κ1) is 21.0. The molecule has 0 N–H and O–H groups in total. The van der Waals surface area contributed by atoms with Crippen molar-refractivity contribution in [3.8, 4) is 0 Å². The Labute approximate surface area is 169 Å². The molecule has 2 aromatic carbocycles. The Morgan fingerprint density at radius 1 is 0.786 bits per heavy atom. The van der Waals surface area contributed by atoms with E-state index in [0.29, 0.717) is 17.8 Å². The van der Waals surface area contributed by atoms with Gasteiger partial charge in [0.1, 0.15) is 11.2 Å². The quantitative estimate of drug-likeness (QED) is 0.432. The number of rotatable bonds is 5. The van der Waals surface area contributed by atoms with Crippen molar-refractivity contribution in [1.29, 1.82) is 0 Å². The zero-order valence-electron chi connectivity index (χ0n) is 18.4. The van der Waals surface area contributed by atoms with Crippen molar-refractivity contribution in [2.24, 2.45) is 0 Å². The smallest absolute Gasteiger partial charge is 0.387 e. The first-order valence-corrected chi connectivity index (χ1v) is 11.4. The Bertz CT molecular complexity index is 1030. The van der Waals surface area contributed by atoms with Crippen LogP contribution in [-0.2, 0) is 6.42 Å². The number of aryl methyl sites for hydroxylation is 1. The zero-order chi connectivity index (χ0) is 20.6. The lowest BCUT2D eigenvalue weighted by molar-refractivity contribution is 0.453. The number of hydrogen-bond acceptors (Lipinski definition) is 3. The Balaban J connectivity index is 2.64. The van der Waals surface area contributed by atoms with E-state index in [9.17, 15) is 0 Å². The van der Waals surface area contributed by atoms with Gasteiger partial charge in [-0.05, 0) is 58.6 Å². The minimum atomic E-state index is -1.49. The van der Waals surface area contributed by atoms with Crippen LogP contribution in [0.2, 0.25) is 0 Å². The van der Waals surface area contributed by atoms with Crippen LogP contribution in [0.15, 0.2) is 32.7 Å². The summed E-state index contributed by atoms with van der Waals surface area (Å²) in [6.45, 7) is 15.5. The number of fused-ring (bicyclic) bond motifs is 3. The van der Waals surface area contributed by atoms with Crippen LogP contribution in [0, 0.1) is 0 Å². The summed E-state index contributed by atoms with van der Waals surface area (Å²) in [5.74, 6) is 1.15. The molecule has 1 unspecified atom stereocenters. The molecular formula is C24H33O3P. The van der Waals surface area contributed by atoms with Crippen LogP contribution in [0.25, 0.3) is 21.9 Å². The molecule has 1 heterocycles. The summed E-state index contributed by atoms with van der Waals surface area (Å²) in [6, 6.07) is 9.11. The molecule has 0 aliphatic rings. The van der Waals surface area contributed by atoms with Gasteiger partial charge in [-0.2, -0.15) is 0 Å². The molecule has 0 radical (unpaired) electrons. The summed E-state index contributed by atoms with van der Waals surface area (Å²) in [6.07, 6.45) is 0.989. The van der Waals surface area contributed by atoms with Gasteiger partial charge >= 0.3 is 8.24 Å². The largest absolute Gasteiger partial charge is 0.399 e. The molecule has 1 atom stereocenters. The average molecular weight is 400 g/mol. The highest BCUT2D eigenvalue weighted by Gasteiger charge is 2.18. The summed E-state index contributed by atoms with van der Waals surface area (Å²) >= 11 is 0. The highest BCUT2D eigenvalue weighted by molar-refractivity contribution is 7.31. The van der Waals surface area contributed by atoms with E-state index >= 15 is 0 Å². The predicted molar refractivity (Wildman–Crippen MR) is 120 cm³/mol. The lowest BCUT2D eigenvalue weighted by Gasteiger charge is -2.14. The lowest BCUT2D eigenvalue weighted by Crippen LogP contribution is -1.96. The van der Waals surface area contributed by atoms with E-state index in [1.54, 1.807) is 7.11 Å². The molecule has 0 spiro atoms. The van der Waals surface area contributed by atoms with Crippen LogP contribution in [0.5, 0.6) is 0 Å². The van der Waals surface area contributed by atoms with E-state index in [0.717, 1.165) is 28.4 Å². The third-order valence-electron chi connectivity index (χ3n) is 5.41. The van der Waals surface area contributed by atoms with Crippen LogP contribution in [0.4, 0.5) is 0 Å². The van der Waals surface area contributed by atoms with Gasteiger partial charge in [-0.3, -0.25) is 4.52 Å². The van der Waals surface area contributed by atoms with Crippen LogP contribution in [0.1, 0.15) is 88.5 Å². The van der Waals surface area contributed by atoms with E-state index in [1.807, 2.05) is 0 Å². The Kier molecular flexibility index (Phi) is 6.27. The van der Waals surface area contributed by atoms with Crippen molar-refractivity contribution in [1.82, 2.24) is 0 Å². The maximum Gasteiger partial charge on any atom is 0.387 e. The molecule has 3 aromatic rings. The van der Waals surface area contributed by atoms with E-state index in [2.05, 4.69) is 72.7 Å². The van der Waals surface area contributed by atoms with Gasteiger partial charge < -0.3 is 8.39 Å². The second-order valence-corrected chi connectivity index (χ2v) is 9.63. The molecule has 28 heavy (non-hydrogen) atoms. The zero-order valence-corrected chi connectivity index (χ0v) is 19.3. The van der Waals surface area contributed by atoms with Crippen LogP contribution in [-0.4, -0.2) is 7.11 Å². The second-order valence-electron chi connectivity index (χ2n) is 8.45. The molecule has 0 saturated heterocycles. The van der Waals surface area contributed by atoms with Gasteiger partial charge in [-0.15, -0.1) is 0 Å². The monoisotopic (exact) mass is 400 g/mol. The van der Waals surface area contributed by atoms with Gasteiger partial charge in [-0.25, -0.2) is 0 Å². The van der Waals surface area contributed by atoms with Gasteiger partial charge in [0.25, 0.3) is 0 Å². The minimum absolute atomic E-state index is 0.349. The Morgan fingerprint density at radius 3 is 1.79 bits per heavy atom. The van der Waals surface area contributed by atoms with Crippen LogP contribution in [0.3, 0.4) is 0 Å². The van der Waals surface area contributed by atoms with Crippen molar-refractivity contribution in [3.63, 3.8) is 0 Å². The number of hydrogen-bond donors (Lipinski definition) is 0. The highest BCUT2D eigenvalue weighted by Crippen LogP contribution is 2.41. The fourth-order valence-corrected chi connectivity index (χ4v) is 4.52. The maximum atomic E-state index is 6.34. The molecule has 0 saturated carbocycles. The summed E-state index contributed by atoms with van der Waals surface area (Å²) in [5.41, 5.74) is 6.91. The van der Waals surface area contributed by atoms with Gasteiger partial charge in [0.05, 0.1) is 7.11 Å². The first-order valence-electron chi connectivity index (χ1n) is 10.3. The molecule has 0 aliphatic carbocycles. The lowest BCUT2D eigenvalue weighted by atomic mass is 9.90. The van der Waals surface area contributed by atoms with E-state index < -0.39 is 8.24 Å². The maximum absolute atomic E-state index is 6.34. The summed E-state index contributed by atoms with van der Waals surface area (Å²) in [4.78, 5) is 0. The Hall–Kier alpha value is -1.70. The summed E-state index contributed by atoms with van der Waals surface area (Å²) in [5, 5.41) is 2.26. The fourth-order valence-electron chi connectivity index (χ4n) is 3.63. The van der Waals surface area contributed by atoms with Crippen molar-refractivity contribution in [2.45, 2.75) is 72.6 Å².